The fourth-order valence-corrected chi connectivity index (χ4v) is 1.77. The van der Waals surface area contributed by atoms with Gasteiger partial charge in [0.05, 0.1) is 6.61 Å². The first-order chi connectivity index (χ1) is 9.51. The maximum Gasteiger partial charge on any atom is 0.389 e. The zero-order valence-electron chi connectivity index (χ0n) is 11.8. The van der Waals surface area contributed by atoms with Crippen molar-refractivity contribution >= 4 is 0 Å². The molecule has 0 saturated heterocycles. The number of nitrogens with one attached hydrogen (secondary N) is 1. The molecule has 0 atom stereocenters. The van der Waals surface area contributed by atoms with E-state index in [0.29, 0.717) is 26.1 Å². The summed E-state index contributed by atoms with van der Waals surface area (Å²) in [5, 5.41) is 3.15. The van der Waals surface area contributed by atoms with E-state index in [0.717, 1.165) is 17.7 Å². The summed E-state index contributed by atoms with van der Waals surface area (Å²) in [4.78, 5) is 0. The molecule has 0 spiro atoms. The summed E-state index contributed by atoms with van der Waals surface area (Å²) in [7, 11) is 0. The molecule has 0 unspecified atom stereocenters. The van der Waals surface area contributed by atoms with Gasteiger partial charge in [0.15, 0.2) is 0 Å². The second kappa shape index (κ2) is 8.84. The van der Waals surface area contributed by atoms with Crippen LogP contribution in [0.4, 0.5) is 13.2 Å². The average molecular weight is 289 g/mol. The molecule has 0 radical (unpaired) electrons. The van der Waals surface area contributed by atoms with E-state index in [4.69, 9.17) is 4.74 Å². The number of benzene rings is 1. The summed E-state index contributed by atoms with van der Waals surface area (Å²) >= 11 is 0. The Balaban J connectivity index is 2.18. The molecule has 0 saturated carbocycles. The number of rotatable bonds is 9. The van der Waals surface area contributed by atoms with E-state index in [2.05, 4.69) is 5.32 Å². The van der Waals surface area contributed by atoms with Gasteiger partial charge in [0.1, 0.15) is 5.75 Å². The lowest BCUT2D eigenvalue weighted by molar-refractivity contribution is -0.135. The fraction of sp³-hybridized carbons (Fsp3) is 0.600. The summed E-state index contributed by atoms with van der Waals surface area (Å²) in [6.07, 6.45) is -3.07. The minimum absolute atomic E-state index is 0.177. The van der Waals surface area contributed by atoms with Crippen molar-refractivity contribution in [2.45, 2.75) is 45.3 Å². The minimum atomic E-state index is -4.04. The molecule has 2 nitrogen and oxygen atoms in total. The van der Waals surface area contributed by atoms with Gasteiger partial charge in [-0.05, 0) is 43.5 Å². The highest BCUT2D eigenvalue weighted by molar-refractivity contribution is 5.28. The van der Waals surface area contributed by atoms with Crippen LogP contribution >= 0.6 is 0 Å². The van der Waals surface area contributed by atoms with E-state index in [-0.39, 0.29) is 6.42 Å². The van der Waals surface area contributed by atoms with Crippen molar-refractivity contribution in [3.63, 3.8) is 0 Å². The second-order valence-electron chi connectivity index (χ2n) is 4.74. The van der Waals surface area contributed by atoms with Gasteiger partial charge in [-0.15, -0.1) is 0 Å². The van der Waals surface area contributed by atoms with Crippen molar-refractivity contribution in [3.05, 3.63) is 29.8 Å². The third kappa shape index (κ3) is 8.04. The first-order valence-corrected chi connectivity index (χ1v) is 7.00. The Morgan fingerprint density at radius 3 is 2.70 bits per heavy atom. The molecule has 0 aliphatic carbocycles. The number of halogens is 3. The minimum Gasteiger partial charge on any atom is -0.494 e. The van der Waals surface area contributed by atoms with Gasteiger partial charge in [-0.1, -0.05) is 19.1 Å². The number of hydrogen-bond donors (Lipinski definition) is 1. The van der Waals surface area contributed by atoms with Crippen LogP contribution in [0.25, 0.3) is 0 Å². The predicted molar refractivity (Wildman–Crippen MR) is 73.8 cm³/mol. The van der Waals surface area contributed by atoms with Crippen LogP contribution in [0.3, 0.4) is 0 Å². The monoisotopic (exact) mass is 289 g/mol. The van der Waals surface area contributed by atoms with E-state index in [1.807, 2.05) is 31.2 Å². The van der Waals surface area contributed by atoms with Gasteiger partial charge in [-0.2, -0.15) is 13.2 Å². The Hall–Kier alpha value is -1.23. The molecule has 0 aromatic heterocycles. The van der Waals surface area contributed by atoms with Crippen molar-refractivity contribution in [1.82, 2.24) is 5.32 Å². The summed E-state index contributed by atoms with van der Waals surface area (Å²) in [5.74, 6) is 0.836. The van der Waals surface area contributed by atoms with Crippen LogP contribution in [-0.2, 0) is 6.54 Å². The molecule has 1 N–H and O–H groups in total. The zero-order valence-corrected chi connectivity index (χ0v) is 11.8. The molecule has 0 aliphatic heterocycles. The van der Waals surface area contributed by atoms with E-state index < -0.39 is 12.6 Å². The molecule has 0 heterocycles. The standard InChI is InChI=1S/C15H22F3NO/c1-2-10-20-14-7-5-6-13(11-14)12-19-9-4-3-8-15(16,17)18/h5-7,11,19H,2-4,8-10,12H2,1H3. The van der Waals surface area contributed by atoms with Crippen molar-refractivity contribution in [1.29, 1.82) is 0 Å². The molecule has 1 aromatic rings. The summed E-state index contributed by atoms with van der Waals surface area (Å²) in [6, 6.07) is 7.76. The highest BCUT2D eigenvalue weighted by Gasteiger charge is 2.25. The Morgan fingerprint density at radius 1 is 1.20 bits per heavy atom. The first-order valence-electron chi connectivity index (χ1n) is 7.00. The van der Waals surface area contributed by atoms with Crippen molar-refractivity contribution in [2.75, 3.05) is 13.2 Å². The van der Waals surface area contributed by atoms with Crippen LogP contribution in [-0.4, -0.2) is 19.3 Å². The number of hydrogen-bond acceptors (Lipinski definition) is 2. The molecular weight excluding hydrogens is 267 g/mol. The quantitative estimate of drug-likeness (QED) is 0.684. The molecule has 20 heavy (non-hydrogen) atoms. The number of unbranched alkanes of at least 4 members (excludes halogenated alkanes) is 1. The van der Waals surface area contributed by atoms with Gasteiger partial charge in [-0.3, -0.25) is 0 Å². The van der Waals surface area contributed by atoms with E-state index in [1.165, 1.54) is 0 Å². The lowest BCUT2D eigenvalue weighted by Crippen LogP contribution is -2.16. The smallest absolute Gasteiger partial charge is 0.389 e. The molecule has 114 valence electrons. The molecule has 0 amide bonds. The maximum absolute atomic E-state index is 11.9. The molecule has 0 aliphatic rings. The first kappa shape index (κ1) is 16.8. The molecule has 0 fully saturated rings. The van der Waals surface area contributed by atoms with Crippen LogP contribution in [0.15, 0.2) is 24.3 Å². The molecular formula is C15H22F3NO. The van der Waals surface area contributed by atoms with Gasteiger partial charge in [0.2, 0.25) is 0 Å². The summed E-state index contributed by atoms with van der Waals surface area (Å²) in [5.41, 5.74) is 1.08. The molecule has 1 aromatic carbocycles. The number of ether oxygens (including phenoxy) is 1. The van der Waals surface area contributed by atoms with Gasteiger partial charge >= 0.3 is 6.18 Å². The highest BCUT2D eigenvalue weighted by atomic mass is 19.4. The van der Waals surface area contributed by atoms with Gasteiger partial charge in [-0.25, -0.2) is 0 Å². The van der Waals surface area contributed by atoms with Crippen molar-refractivity contribution < 1.29 is 17.9 Å². The van der Waals surface area contributed by atoms with Crippen LogP contribution < -0.4 is 10.1 Å². The number of alkyl halides is 3. The average Bonchev–Trinajstić information content (AvgIpc) is 2.40. The topological polar surface area (TPSA) is 21.3 Å². The maximum atomic E-state index is 11.9. The Bertz CT molecular complexity index is 380. The third-order valence-electron chi connectivity index (χ3n) is 2.76. The fourth-order valence-electron chi connectivity index (χ4n) is 1.77. The van der Waals surface area contributed by atoms with Crippen molar-refractivity contribution in [3.8, 4) is 5.75 Å². The van der Waals surface area contributed by atoms with Gasteiger partial charge < -0.3 is 10.1 Å². The second-order valence-corrected chi connectivity index (χ2v) is 4.74. The Labute approximate surface area is 118 Å². The van der Waals surface area contributed by atoms with Crippen LogP contribution in [0.5, 0.6) is 5.75 Å². The molecule has 1 rings (SSSR count). The SMILES string of the molecule is CCCOc1cccc(CNCCCCC(F)(F)F)c1. The Kier molecular flexibility index (Phi) is 7.44. The van der Waals surface area contributed by atoms with E-state index >= 15 is 0 Å². The largest absolute Gasteiger partial charge is 0.494 e. The lowest BCUT2D eigenvalue weighted by Gasteiger charge is -2.09. The van der Waals surface area contributed by atoms with E-state index in [1.54, 1.807) is 0 Å². The van der Waals surface area contributed by atoms with Crippen LogP contribution in [0.1, 0.15) is 38.2 Å². The summed E-state index contributed by atoms with van der Waals surface area (Å²) in [6.45, 7) is 3.98. The molecule has 0 bridgehead atoms. The highest BCUT2D eigenvalue weighted by Crippen LogP contribution is 2.21. The Morgan fingerprint density at radius 2 is 2.00 bits per heavy atom. The molecule has 5 heteroatoms. The lowest BCUT2D eigenvalue weighted by atomic mass is 10.2. The van der Waals surface area contributed by atoms with E-state index in [9.17, 15) is 13.2 Å². The third-order valence-corrected chi connectivity index (χ3v) is 2.76. The van der Waals surface area contributed by atoms with Crippen LogP contribution in [0, 0.1) is 0 Å². The van der Waals surface area contributed by atoms with Gasteiger partial charge in [0, 0.05) is 13.0 Å². The zero-order chi connectivity index (χ0) is 14.8. The summed E-state index contributed by atoms with van der Waals surface area (Å²) < 4.78 is 41.4. The van der Waals surface area contributed by atoms with Gasteiger partial charge in [0.25, 0.3) is 0 Å². The predicted octanol–water partition coefficient (Wildman–Crippen LogP) is 4.30. The van der Waals surface area contributed by atoms with Crippen molar-refractivity contribution in [2.24, 2.45) is 0 Å². The van der Waals surface area contributed by atoms with Crippen LogP contribution in [0.2, 0.25) is 0 Å². The normalized spacial score (nSPS) is 11.6.